The fourth-order valence-electron chi connectivity index (χ4n) is 5.01. The van der Waals surface area contributed by atoms with E-state index in [1.807, 2.05) is 0 Å². The Hall–Kier alpha value is 0.130. The van der Waals surface area contributed by atoms with Crippen molar-refractivity contribution in [1.82, 2.24) is 0 Å². The maximum atomic E-state index is 9.71. The zero-order chi connectivity index (χ0) is 23.0. The lowest BCUT2D eigenvalue weighted by Gasteiger charge is -2.37. The van der Waals surface area contributed by atoms with Crippen molar-refractivity contribution < 1.29 is 19.3 Å². The molecule has 0 aromatic carbocycles. The number of hydrogen-bond acceptors (Lipinski definition) is 4. The Kier molecular flexibility index (Phi) is 26.4. The first kappa shape index (κ1) is 43.2. The van der Waals surface area contributed by atoms with Gasteiger partial charge in [0.15, 0.2) is 0 Å². The Morgan fingerprint density at radius 1 is 0.750 bits per heavy atom. The number of aliphatic hydroxyl groups excluding tert-OH is 1. The van der Waals surface area contributed by atoms with Crippen LogP contribution in [0.1, 0.15) is 117 Å². The van der Waals surface area contributed by atoms with E-state index in [1.165, 1.54) is 32.1 Å². The topological polar surface area (TPSA) is 54.5 Å². The van der Waals surface area contributed by atoms with Gasteiger partial charge in [0.05, 0.1) is 44.0 Å². The number of rotatable bonds is 6. The largest absolute Gasteiger partial charge is 0.393 e. The summed E-state index contributed by atoms with van der Waals surface area (Å²) in [5.74, 6) is 4.97. The molecule has 0 spiro atoms. The second-order valence-electron chi connectivity index (χ2n) is 11.2. The number of ether oxygens (including phenoxy) is 3. The molecule has 5 heteroatoms. The zero-order valence-electron chi connectivity index (χ0n) is 20.9. The molecule has 8 atom stereocenters. The minimum atomic E-state index is -0.0289. The normalized spacial score (nSPS) is 33.8. The van der Waals surface area contributed by atoms with E-state index in [0.29, 0.717) is 36.0 Å². The number of alkyl halides is 1. The van der Waals surface area contributed by atoms with Crippen molar-refractivity contribution in [3.05, 3.63) is 0 Å². The summed E-state index contributed by atoms with van der Waals surface area (Å²) in [4.78, 5) is 0. The van der Waals surface area contributed by atoms with Crippen LogP contribution in [0.5, 0.6) is 0 Å². The van der Waals surface area contributed by atoms with Crippen LogP contribution in [-0.2, 0) is 14.2 Å². The predicted octanol–water partition coefficient (Wildman–Crippen LogP) is 9.11. The quantitative estimate of drug-likeness (QED) is 0.269. The van der Waals surface area contributed by atoms with E-state index in [-0.39, 0.29) is 43.2 Å². The Bertz CT molecular complexity index is 479. The first-order chi connectivity index (χ1) is 14.7. The Morgan fingerprint density at radius 2 is 1.19 bits per heavy atom. The van der Waals surface area contributed by atoms with Gasteiger partial charge in [-0.1, -0.05) is 91.5 Å². The number of aliphatic hydroxyl groups is 1. The molecule has 2 aliphatic heterocycles. The standard InChI is InChI=1S/C13H24O2.C10H20O.C3H5ClO.5CH4/c1-9(2)12-5-4-10(3)6-13(12)15-8-11-7-14-11;1-7(2)9-5-4-8(3)6-10(9)11;4-1-3-2-5-3;;;;;/h9-13H,4-8H2,1-3H3;7-11H,4-6H2,1-3H3;3H,1-2H2;5*1H4. The SMILES string of the molecule is C.C.C.C.C.CC1CCC(C(C)C)C(O)C1.CC1CCC(C(C)C)C(OCC2CO2)C1.ClCC1CO1. The Morgan fingerprint density at radius 3 is 1.56 bits per heavy atom. The Balaban J connectivity index is -0.000000218. The lowest BCUT2D eigenvalue weighted by molar-refractivity contribution is -0.0430. The minimum absolute atomic E-state index is 0. The van der Waals surface area contributed by atoms with E-state index in [9.17, 15) is 5.11 Å². The smallest absolute Gasteiger partial charge is 0.104 e. The number of hydrogen-bond donors (Lipinski definition) is 1. The molecule has 2 saturated heterocycles. The minimum Gasteiger partial charge on any atom is -0.393 e. The van der Waals surface area contributed by atoms with Gasteiger partial charge in [0.2, 0.25) is 0 Å². The molecule has 4 fully saturated rings. The summed E-state index contributed by atoms with van der Waals surface area (Å²) in [6, 6.07) is 0. The van der Waals surface area contributed by atoms with Gasteiger partial charge in [-0.25, -0.2) is 0 Å². The third-order valence-electron chi connectivity index (χ3n) is 7.42. The summed E-state index contributed by atoms with van der Waals surface area (Å²) < 4.78 is 15.9. The first-order valence-corrected chi connectivity index (χ1v) is 13.3. The van der Waals surface area contributed by atoms with Crippen LogP contribution in [0.3, 0.4) is 0 Å². The molecule has 0 aromatic heterocycles. The average Bonchev–Trinajstić information content (AvgIpc) is 3.62. The third-order valence-corrected chi connectivity index (χ3v) is 7.77. The fraction of sp³-hybridized carbons (Fsp3) is 1.00. The van der Waals surface area contributed by atoms with Crippen LogP contribution >= 0.6 is 11.6 Å². The van der Waals surface area contributed by atoms with Crippen molar-refractivity contribution in [2.45, 2.75) is 142 Å². The molecular weight excluding hydrogens is 472 g/mol. The molecule has 8 unspecified atom stereocenters. The van der Waals surface area contributed by atoms with Crippen LogP contribution < -0.4 is 0 Å². The molecule has 4 rings (SSSR count). The number of epoxide rings is 2. The summed E-state index contributed by atoms with van der Waals surface area (Å²) in [7, 11) is 0. The van der Waals surface area contributed by atoms with E-state index in [1.54, 1.807) is 0 Å². The summed E-state index contributed by atoms with van der Waals surface area (Å²) >= 11 is 5.27. The lowest BCUT2D eigenvalue weighted by atomic mass is 9.75. The molecule has 224 valence electrons. The van der Waals surface area contributed by atoms with E-state index < -0.39 is 0 Å². The molecule has 4 nitrogen and oxygen atoms in total. The van der Waals surface area contributed by atoms with Crippen molar-refractivity contribution in [3.63, 3.8) is 0 Å². The van der Waals surface area contributed by atoms with Crippen molar-refractivity contribution in [2.24, 2.45) is 35.5 Å². The van der Waals surface area contributed by atoms with Gasteiger partial charge in [0.1, 0.15) is 6.10 Å². The van der Waals surface area contributed by atoms with Crippen LogP contribution in [-0.4, -0.2) is 55.2 Å². The average molecular weight is 541 g/mol. The predicted molar refractivity (Wildman–Crippen MR) is 162 cm³/mol. The van der Waals surface area contributed by atoms with Gasteiger partial charge in [-0.05, 0) is 61.2 Å². The summed E-state index contributed by atoms with van der Waals surface area (Å²) in [5.41, 5.74) is 0. The fourth-order valence-corrected chi connectivity index (χ4v) is 5.19. The van der Waals surface area contributed by atoms with Gasteiger partial charge in [-0.2, -0.15) is 0 Å². The van der Waals surface area contributed by atoms with Gasteiger partial charge in [-0.3, -0.25) is 0 Å². The Labute approximate surface area is 233 Å². The molecule has 0 amide bonds. The maximum Gasteiger partial charge on any atom is 0.104 e. The van der Waals surface area contributed by atoms with Gasteiger partial charge < -0.3 is 19.3 Å². The maximum absolute atomic E-state index is 9.71. The van der Waals surface area contributed by atoms with E-state index >= 15 is 0 Å². The molecule has 36 heavy (non-hydrogen) atoms. The van der Waals surface area contributed by atoms with Gasteiger partial charge in [-0.15, -0.1) is 11.6 Å². The van der Waals surface area contributed by atoms with Crippen LogP contribution in [0.15, 0.2) is 0 Å². The molecule has 0 radical (unpaired) electrons. The monoisotopic (exact) mass is 540 g/mol. The van der Waals surface area contributed by atoms with Crippen LogP contribution in [0, 0.1) is 35.5 Å². The van der Waals surface area contributed by atoms with Crippen LogP contribution in [0.2, 0.25) is 0 Å². The van der Waals surface area contributed by atoms with Crippen molar-refractivity contribution >= 4 is 11.6 Å². The third kappa shape index (κ3) is 16.9. The van der Waals surface area contributed by atoms with E-state index in [2.05, 4.69) is 41.5 Å². The van der Waals surface area contributed by atoms with E-state index in [0.717, 1.165) is 49.9 Å². The van der Waals surface area contributed by atoms with Gasteiger partial charge in [0.25, 0.3) is 0 Å². The van der Waals surface area contributed by atoms with Crippen LogP contribution in [0.4, 0.5) is 0 Å². The van der Waals surface area contributed by atoms with Crippen molar-refractivity contribution in [2.75, 3.05) is 25.7 Å². The number of halogens is 1. The molecule has 2 saturated carbocycles. The van der Waals surface area contributed by atoms with Crippen molar-refractivity contribution in [3.8, 4) is 0 Å². The molecule has 2 aliphatic carbocycles. The lowest BCUT2D eigenvalue weighted by Crippen LogP contribution is -2.35. The van der Waals surface area contributed by atoms with E-state index in [4.69, 9.17) is 25.8 Å². The highest BCUT2D eigenvalue weighted by Crippen LogP contribution is 2.36. The highest BCUT2D eigenvalue weighted by molar-refractivity contribution is 6.18. The van der Waals surface area contributed by atoms with Gasteiger partial charge >= 0.3 is 0 Å². The molecule has 0 aromatic rings. The highest BCUT2D eigenvalue weighted by Gasteiger charge is 2.33. The van der Waals surface area contributed by atoms with Gasteiger partial charge in [0, 0.05) is 0 Å². The molecule has 4 aliphatic rings. The highest BCUT2D eigenvalue weighted by atomic mass is 35.5. The molecule has 1 N–H and O–H groups in total. The summed E-state index contributed by atoms with van der Waals surface area (Å²) in [6.45, 7) is 16.3. The van der Waals surface area contributed by atoms with Crippen molar-refractivity contribution in [1.29, 1.82) is 0 Å². The molecular formula is C31H69ClO4. The first-order valence-electron chi connectivity index (χ1n) is 12.8. The summed E-state index contributed by atoms with van der Waals surface area (Å²) in [6.07, 6.45) is 8.78. The second-order valence-corrected chi connectivity index (χ2v) is 11.5. The van der Waals surface area contributed by atoms with Crippen LogP contribution in [0.25, 0.3) is 0 Å². The molecule has 2 heterocycles. The molecule has 0 bridgehead atoms. The summed E-state index contributed by atoms with van der Waals surface area (Å²) in [5, 5.41) is 9.71. The zero-order valence-corrected chi connectivity index (χ0v) is 21.7. The second kappa shape index (κ2) is 22.0.